The van der Waals surface area contributed by atoms with Crippen molar-refractivity contribution in [3.8, 4) is 6.07 Å². The second kappa shape index (κ2) is 8.54. The lowest BCUT2D eigenvalue weighted by atomic mass is 9.71. The summed E-state index contributed by atoms with van der Waals surface area (Å²) in [6, 6.07) is 1.86. The van der Waals surface area contributed by atoms with E-state index in [-0.39, 0.29) is 41.3 Å². The Kier molecular flexibility index (Phi) is 6.62. The smallest absolute Gasteiger partial charge is 0.345 e. The second-order valence-corrected chi connectivity index (χ2v) is 7.05. The molecule has 0 aliphatic heterocycles. The molecule has 0 aromatic carbocycles. The quantitative estimate of drug-likeness (QED) is 0.705. The number of alkyl halides is 2. The number of amides is 1. The highest BCUT2D eigenvalue weighted by molar-refractivity contribution is 7.19. The summed E-state index contributed by atoms with van der Waals surface area (Å²) in [5.74, 6) is -1.66. The van der Waals surface area contributed by atoms with Gasteiger partial charge in [0.1, 0.15) is 5.00 Å². The van der Waals surface area contributed by atoms with Crippen LogP contribution in [0.3, 0.4) is 0 Å². The van der Waals surface area contributed by atoms with Crippen molar-refractivity contribution in [1.82, 2.24) is 0 Å². The first-order valence-corrected chi connectivity index (χ1v) is 8.99. The van der Waals surface area contributed by atoms with E-state index in [2.05, 4.69) is 10.1 Å². The van der Waals surface area contributed by atoms with Crippen LogP contribution in [0.25, 0.3) is 0 Å². The van der Waals surface area contributed by atoms with Crippen LogP contribution >= 0.6 is 11.3 Å². The number of thiophene rings is 1. The number of rotatable bonds is 7. The molecular weight excluding hydrogens is 382 g/mol. The van der Waals surface area contributed by atoms with Gasteiger partial charge in [0.2, 0.25) is 5.91 Å². The summed E-state index contributed by atoms with van der Waals surface area (Å²) < 4.78 is 34.4. The van der Waals surface area contributed by atoms with Crippen molar-refractivity contribution >= 4 is 34.0 Å². The number of halogens is 2. The van der Waals surface area contributed by atoms with Crippen molar-refractivity contribution < 1.29 is 32.6 Å². The van der Waals surface area contributed by atoms with Gasteiger partial charge in [0.25, 0.3) is 0 Å². The fraction of sp³-hybridized carbons (Fsp3) is 0.529. The maximum absolute atomic E-state index is 13.0. The lowest BCUT2D eigenvalue weighted by molar-refractivity contribution is -0.146. The van der Waals surface area contributed by atoms with E-state index in [0.29, 0.717) is 5.56 Å². The molecule has 1 amide bonds. The first kappa shape index (κ1) is 20.9. The summed E-state index contributed by atoms with van der Waals surface area (Å²) in [4.78, 5) is 37.0. The zero-order valence-electron chi connectivity index (χ0n) is 14.8. The highest BCUT2D eigenvalue weighted by Crippen LogP contribution is 2.46. The molecule has 146 valence electrons. The van der Waals surface area contributed by atoms with Gasteiger partial charge in [-0.05, 0) is 25.3 Å². The molecule has 1 N–H and O–H groups in total. The number of ether oxygens (including phenoxy) is 2. The van der Waals surface area contributed by atoms with Crippen LogP contribution in [-0.2, 0) is 20.7 Å². The predicted molar refractivity (Wildman–Crippen MR) is 91.8 cm³/mol. The molecule has 1 unspecified atom stereocenters. The Balaban J connectivity index is 2.51. The first-order valence-electron chi connectivity index (χ1n) is 8.17. The molecule has 10 heteroatoms. The van der Waals surface area contributed by atoms with Crippen LogP contribution in [0.2, 0.25) is 0 Å². The van der Waals surface area contributed by atoms with E-state index < -0.39 is 36.3 Å². The van der Waals surface area contributed by atoms with E-state index in [1.54, 1.807) is 6.92 Å². The normalized spacial score (nSPS) is 18.7. The number of esters is 1. The standard InChI is InChI=1S/C17H18F2N2O5S/c1-3-25-15(24)11-10-4-5-17(6-7-20,8-26-16(18)19)13(23)12(10)27-14(11)21-9(2)22/h16H,3-6,8H2,1-2H3,(H,21,22). The third kappa shape index (κ3) is 4.31. The lowest BCUT2D eigenvalue weighted by Crippen LogP contribution is -2.40. The minimum atomic E-state index is -3.07. The summed E-state index contributed by atoms with van der Waals surface area (Å²) >= 11 is 0.880. The van der Waals surface area contributed by atoms with Crippen molar-refractivity contribution in [2.75, 3.05) is 18.5 Å². The van der Waals surface area contributed by atoms with Crippen LogP contribution in [0.4, 0.5) is 13.8 Å². The van der Waals surface area contributed by atoms with Crippen LogP contribution in [0, 0.1) is 16.7 Å². The molecule has 0 saturated heterocycles. The van der Waals surface area contributed by atoms with E-state index >= 15 is 0 Å². The average Bonchev–Trinajstić information content (AvgIpc) is 2.94. The van der Waals surface area contributed by atoms with Crippen LogP contribution < -0.4 is 5.32 Å². The van der Waals surface area contributed by atoms with E-state index in [0.717, 1.165) is 11.3 Å². The topological polar surface area (TPSA) is 105 Å². The highest BCUT2D eigenvalue weighted by Gasteiger charge is 2.46. The highest BCUT2D eigenvalue weighted by atomic mass is 32.1. The van der Waals surface area contributed by atoms with Gasteiger partial charge in [-0.25, -0.2) is 4.79 Å². The van der Waals surface area contributed by atoms with Crippen LogP contribution in [-0.4, -0.2) is 37.5 Å². The Labute approximate surface area is 158 Å². The minimum absolute atomic E-state index is 0.0712. The molecule has 1 heterocycles. The first-order chi connectivity index (χ1) is 12.8. The fourth-order valence-electron chi connectivity index (χ4n) is 3.00. The number of ketones is 1. The van der Waals surface area contributed by atoms with Gasteiger partial charge in [-0.3, -0.25) is 9.59 Å². The average molecular weight is 400 g/mol. The zero-order valence-corrected chi connectivity index (χ0v) is 15.6. The second-order valence-electron chi connectivity index (χ2n) is 6.03. The molecule has 2 rings (SSSR count). The maximum Gasteiger partial charge on any atom is 0.345 e. The molecule has 0 spiro atoms. The molecule has 1 aliphatic rings. The molecule has 0 radical (unpaired) electrons. The fourth-order valence-corrected chi connectivity index (χ4v) is 4.35. The Bertz CT molecular complexity index is 802. The SMILES string of the molecule is CCOC(=O)c1c(NC(C)=O)sc2c1CCC(CC#N)(COC(F)F)C2=O. The maximum atomic E-state index is 13.0. The Morgan fingerprint density at radius 3 is 2.70 bits per heavy atom. The largest absolute Gasteiger partial charge is 0.462 e. The molecule has 0 bridgehead atoms. The summed E-state index contributed by atoms with van der Waals surface area (Å²) in [6.45, 7) is -0.676. The molecule has 1 aromatic rings. The molecule has 7 nitrogen and oxygen atoms in total. The van der Waals surface area contributed by atoms with Gasteiger partial charge in [0.15, 0.2) is 5.78 Å². The molecule has 0 saturated carbocycles. The van der Waals surface area contributed by atoms with Gasteiger partial charge < -0.3 is 14.8 Å². The van der Waals surface area contributed by atoms with Gasteiger partial charge in [0.05, 0.1) is 41.6 Å². The van der Waals surface area contributed by atoms with Gasteiger partial charge in [-0.1, -0.05) is 0 Å². The van der Waals surface area contributed by atoms with E-state index in [9.17, 15) is 23.2 Å². The van der Waals surface area contributed by atoms with Crippen molar-refractivity contribution in [1.29, 1.82) is 5.26 Å². The van der Waals surface area contributed by atoms with Crippen LogP contribution in [0.1, 0.15) is 52.3 Å². The van der Waals surface area contributed by atoms with Gasteiger partial charge in [-0.2, -0.15) is 14.0 Å². The molecule has 1 aliphatic carbocycles. The minimum Gasteiger partial charge on any atom is -0.462 e. The summed E-state index contributed by atoms with van der Waals surface area (Å²) in [5.41, 5.74) is -0.916. The number of carbonyl (C=O) groups is 3. The third-order valence-corrected chi connectivity index (χ3v) is 5.37. The van der Waals surface area contributed by atoms with E-state index in [1.165, 1.54) is 6.92 Å². The molecular formula is C17H18F2N2O5S. The summed E-state index contributed by atoms with van der Waals surface area (Å²) in [6.07, 6.45) is -0.0263. The summed E-state index contributed by atoms with van der Waals surface area (Å²) in [7, 11) is 0. The number of nitriles is 1. The number of nitrogens with one attached hydrogen (secondary N) is 1. The van der Waals surface area contributed by atoms with Gasteiger partial charge >= 0.3 is 12.6 Å². The molecule has 1 aromatic heterocycles. The number of nitrogens with zero attached hydrogens (tertiary/aromatic N) is 1. The van der Waals surface area contributed by atoms with E-state index in [1.807, 2.05) is 6.07 Å². The van der Waals surface area contributed by atoms with Crippen molar-refractivity contribution in [3.63, 3.8) is 0 Å². The van der Waals surface area contributed by atoms with Crippen LogP contribution in [0.5, 0.6) is 0 Å². The van der Waals surface area contributed by atoms with Crippen LogP contribution in [0.15, 0.2) is 0 Å². The van der Waals surface area contributed by atoms with E-state index in [4.69, 9.17) is 10.00 Å². The van der Waals surface area contributed by atoms with Gasteiger partial charge in [-0.15, -0.1) is 11.3 Å². The number of carbonyl (C=O) groups excluding carboxylic acids is 3. The Morgan fingerprint density at radius 2 is 2.15 bits per heavy atom. The van der Waals surface area contributed by atoms with Crippen molar-refractivity contribution in [2.45, 2.75) is 39.7 Å². The Morgan fingerprint density at radius 1 is 1.44 bits per heavy atom. The summed E-state index contributed by atoms with van der Waals surface area (Å²) in [5, 5.41) is 11.8. The number of fused-ring (bicyclic) bond motifs is 1. The lowest BCUT2D eigenvalue weighted by Gasteiger charge is -2.33. The third-order valence-electron chi connectivity index (χ3n) is 4.22. The van der Waals surface area contributed by atoms with Crippen molar-refractivity contribution in [2.24, 2.45) is 5.41 Å². The monoisotopic (exact) mass is 400 g/mol. The zero-order chi connectivity index (χ0) is 20.2. The number of anilines is 1. The van der Waals surface area contributed by atoms with Gasteiger partial charge in [0, 0.05) is 6.92 Å². The molecule has 1 atom stereocenters. The number of Topliss-reactive ketones (excluding diaryl/α,β-unsaturated/α-hetero) is 1. The number of hydrogen-bond donors (Lipinski definition) is 1. The molecule has 27 heavy (non-hydrogen) atoms. The predicted octanol–water partition coefficient (Wildman–Crippen LogP) is 3.15. The Hall–Kier alpha value is -2.38. The van der Waals surface area contributed by atoms with Crippen molar-refractivity contribution in [3.05, 3.63) is 16.0 Å². The number of hydrogen-bond acceptors (Lipinski definition) is 7. The molecule has 0 fully saturated rings.